The minimum absolute atomic E-state index is 0.304. The van der Waals surface area contributed by atoms with E-state index >= 15 is 0 Å². The van der Waals surface area contributed by atoms with Crippen LogP contribution in [0.4, 0.5) is 21.5 Å². The van der Waals surface area contributed by atoms with Gasteiger partial charge >= 0.3 is 5.97 Å². The molecule has 2 aromatic carbocycles. The number of esters is 1. The van der Waals surface area contributed by atoms with Crippen molar-refractivity contribution in [2.75, 3.05) is 18.2 Å². The normalized spacial score (nSPS) is 10.2. The van der Waals surface area contributed by atoms with Gasteiger partial charge in [-0.15, -0.1) is 0 Å². The minimum atomic E-state index is -0.474. The maximum atomic E-state index is 13.7. The number of hydrogen-bond donors (Lipinski definition) is 2. The molecule has 2 rings (SSSR count). The smallest absolute Gasteiger partial charge is 0.337 e. The van der Waals surface area contributed by atoms with Crippen LogP contribution < -0.4 is 11.1 Å². The van der Waals surface area contributed by atoms with Crippen LogP contribution in [0.15, 0.2) is 36.4 Å². The predicted octanol–water partition coefficient (Wildman–Crippen LogP) is 3.25. The zero-order chi connectivity index (χ0) is 14.7. The molecule has 0 radical (unpaired) electrons. The highest BCUT2D eigenvalue weighted by molar-refractivity contribution is 5.92. The second-order valence-electron chi connectivity index (χ2n) is 4.40. The number of methoxy groups -OCH3 is 1. The Morgan fingerprint density at radius 2 is 1.95 bits per heavy atom. The summed E-state index contributed by atoms with van der Waals surface area (Å²) in [6, 6.07) is 9.37. The predicted molar refractivity (Wildman–Crippen MR) is 76.6 cm³/mol. The minimum Gasteiger partial charge on any atom is -0.465 e. The van der Waals surface area contributed by atoms with Gasteiger partial charge in [0.05, 0.1) is 29.7 Å². The third-order valence-electron chi connectivity index (χ3n) is 2.87. The van der Waals surface area contributed by atoms with Gasteiger partial charge in [-0.1, -0.05) is 6.07 Å². The van der Waals surface area contributed by atoms with Crippen molar-refractivity contribution in [2.24, 2.45) is 0 Å². The summed E-state index contributed by atoms with van der Waals surface area (Å²) in [5, 5.41) is 2.89. The molecule has 0 atom stereocenters. The van der Waals surface area contributed by atoms with Crippen LogP contribution in [0.1, 0.15) is 15.9 Å². The molecule has 3 N–H and O–H groups in total. The number of nitrogen functional groups attached to an aromatic ring is 1. The van der Waals surface area contributed by atoms with E-state index in [0.717, 1.165) is 5.56 Å². The number of anilines is 3. The monoisotopic (exact) mass is 274 g/mol. The highest BCUT2D eigenvalue weighted by Crippen LogP contribution is 2.27. The van der Waals surface area contributed by atoms with E-state index in [1.54, 1.807) is 24.3 Å². The lowest BCUT2D eigenvalue weighted by molar-refractivity contribution is 0.0601. The summed E-state index contributed by atoms with van der Waals surface area (Å²) in [5.74, 6) is -0.865. The number of halogens is 1. The second kappa shape index (κ2) is 5.61. The van der Waals surface area contributed by atoms with Crippen molar-refractivity contribution < 1.29 is 13.9 Å². The van der Waals surface area contributed by atoms with Crippen molar-refractivity contribution in [3.63, 3.8) is 0 Å². The molecule has 0 saturated carbocycles. The van der Waals surface area contributed by atoms with E-state index in [4.69, 9.17) is 5.73 Å². The Labute approximate surface area is 116 Å². The van der Waals surface area contributed by atoms with E-state index in [0.29, 0.717) is 22.6 Å². The summed E-state index contributed by atoms with van der Waals surface area (Å²) in [6.07, 6.45) is 0. The molecule has 0 bridgehead atoms. The van der Waals surface area contributed by atoms with E-state index in [-0.39, 0.29) is 0 Å². The molecule has 0 aliphatic rings. The van der Waals surface area contributed by atoms with Crippen molar-refractivity contribution in [1.29, 1.82) is 0 Å². The number of nitrogens with one attached hydrogen (secondary N) is 1. The third kappa shape index (κ3) is 2.88. The molecule has 2 aromatic rings. The molecule has 104 valence electrons. The van der Waals surface area contributed by atoms with Gasteiger partial charge in [-0.05, 0) is 42.8 Å². The van der Waals surface area contributed by atoms with Crippen LogP contribution in [-0.4, -0.2) is 13.1 Å². The number of carbonyl (C=O) groups is 1. The number of ether oxygens (including phenoxy) is 1. The Balaban J connectivity index is 2.37. The first-order valence-electron chi connectivity index (χ1n) is 6.02. The number of carbonyl (C=O) groups excluding carboxylic acids is 1. The van der Waals surface area contributed by atoms with Gasteiger partial charge < -0.3 is 15.8 Å². The molecular weight excluding hydrogens is 259 g/mol. The Morgan fingerprint density at radius 3 is 2.65 bits per heavy atom. The Hall–Kier alpha value is -2.56. The summed E-state index contributed by atoms with van der Waals surface area (Å²) in [7, 11) is 1.30. The molecule has 0 aliphatic heterocycles. The molecule has 0 saturated heterocycles. The molecule has 0 amide bonds. The summed E-state index contributed by atoms with van der Waals surface area (Å²) in [5.41, 5.74) is 8.26. The summed E-state index contributed by atoms with van der Waals surface area (Å²) < 4.78 is 18.4. The van der Waals surface area contributed by atoms with Gasteiger partial charge in [0, 0.05) is 0 Å². The molecule has 5 heteroatoms. The van der Waals surface area contributed by atoms with Crippen LogP contribution in [-0.2, 0) is 4.74 Å². The van der Waals surface area contributed by atoms with Crippen LogP contribution in [0.25, 0.3) is 0 Å². The molecule has 0 aliphatic carbocycles. The molecule has 0 aromatic heterocycles. The van der Waals surface area contributed by atoms with Gasteiger partial charge in [-0.3, -0.25) is 0 Å². The molecule has 0 fully saturated rings. The van der Waals surface area contributed by atoms with Crippen molar-refractivity contribution in [3.8, 4) is 0 Å². The number of aryl methyl sites for hydroxylation is 1. The average Bonchev–Trinajstić information content (AvgIpc) is 2.44. The Kier molecular flexibility index (Phi) is 3.89. The van der Waals surface area contributed by atoms with Crippen molar-refractivity contribution in [1.82, 2.24) is 0 Å². The summed E-state index contributed by atoms with van der Waals surface area (Å²) in [6.45, 7) is 1.86. The van der Waals surface area contributed by atoms with Crippen molar-refractivity contribution >= 4 is 23.0 Å². The lowest BCUT2D eigenvalue weighted by Crippen LogP contribution is -2.04. The highest BCUT2D eigenvalue weighted by Gasteiger charge is 2.10. The topological polar surface area (TPSA) is 64.3 Å². The summed E-state index contributed by atoms with van der Waals surface area (Å²) >= 11 is 0. The fourth-order valence-electron chi connectivity index (χ4n) is 1.79. The van der Waals surface area contributed by atoms with E-state index in [9.17, 15) is 9.18 Å². The maximum absolute atomic E-state index is 13.7. The van der Waals surface area contributed by atoms with Crippen LogP contribution in [0.2, 0.25) is 0 Å². The lowest BCUT2D eigenvalue weighted by Gasteiger charge is -2.12. The molecule has 0 spiro atoms. The number of hydrogen-bond acceptors (Lipinski definition) is 4. The van der Waals surface area contributed by atoms with E-state index in [2.05, 4.69) is 10.1 Å². The average molecular weight is 274 g/mol. The van der Waals surface area contributed by atoms with Gasteiger partial charge in [-0.2, -0.15) is 0 Å². The molecular formula is C15H15FN2O2. The zero-order valence-corrected chi connectivity index (χ0v) is 11.2. The second-order valence-corrected chi connectivity index (χ2v) is 4.40. The van der Waals surface area contributed by atoms with Gasteiger partial charge in [0.2, 0.25) is 0 Å². The molecule has 20 heavy (non-hydrogen) atoms. The van der Waals surface area contributed by atoms with E-state index < -0.39 is 11.8 Å². The molecule has 4 nitrogen and oxygen atoms in total. The Morgan fingerprint density at radius 1 is 1.20 bits per heavy atom. The van der Waals surface area contributed by atoms with Gasteiger partial charge in [0.25, 0.3) is 0 Å². The first kappa shape index (κ1) is 13.9. The van der Waals surface area contributed by atoms with Gasteiger partial charge in [-0.25, -0.2) is 9.18 Å². The fraction of sp³-hybridized carbons (Fsp3) is 0.133. The quantitative estimate of drug-likeness (QED) is 0.666. The standard InChI is InChI=1S/C15H15FN2O2/c1-9-3-5-11(16)13(7-9)18-14-8-10(15(19)20-2)4-6-12(14)17/h3-8,18H,17H2,1-2H3. The third-order valence-corrected chi connectivity index (χ3v) is 2.87. The van der Waals surface area contributed by atoms with Crippen LogP contribution in [0, 0.1) is 12.7 Å². The number of nitrogens with two attached hydrogens (primary N) is 1. The van der Waals surface area contributed by atoms with E-state index in [1.807, 2.05) is 6.92 Å². The first-order chi connectivity index (χ1) is 9.51. The number of rotatable bonds is 3. The van der Waals surface area contributed by atoms with Gasteiger partial charge in [0.15, 0.2) is 0 Å². The largest absolute Gasteiger partial charge is 0.465 e. The van der Waals surface area contributed by atoms with Crippen LogP contribution in [0.5, 0.6) is 0 Å². The van der Waals surface area contributed by atoms with Crippen LogP contribution in [0.3, 0.4) is 0 Å². The summed E-state index contributed by atoms with van der Waals surface area (Å²) in [4.78, 5) is 11.5. The zero-order valence-electron chi connectivity index (χ0n) is 11.2. The van der Waals surface area contributed by atoms with Crippen LogP contribution >= 0.6 is 0 Å². The van der Waals surface area contributed by atoms with Gasteiger partial charge in [0.1, 0.15) is 5.82 Å². The molecule has 0 unspecified atom stereocenters. The number of benzene rings is 2. The molecule has 0 heterocycles. The Bertz CT molecular complexity index is 656. The lowest BCUT2D eigenvalue weighted by atomic mass is 10.1. The fourth-order valence-corrected chi connectivity index (χ4v) is 1.79. The van der Waals surface area contributed by atoms with Crippen molar-refractivity contribution in [3.05, 3.63) is 53.3 Å². The SMILES string of the molecule is COC(=O)c1ccc(N)c(Nc2cc(C)ccc2F)c1. The van der Waals surface area contributed by atoms with E-state index in [1.165, 1.54) is 19.2 Å². The highest BCUT2D eigenvalue weighted by atomic mass is 19.1. The maximum Gasteiger partial charge on any atom is 0.337 e. The first-order valence-corrected chi connectivity index (χ1v) is 6.02. The van der Waals surface area contributed by atoms with Crippen molar-refractivity contribution in [2.45, 2.75) is 6.92 Å².